The van der Waals surface area contributed by atoms with E-state index in [0.29, 0.717) is 19.3 Å². The van der Waals surface area contributed by atoms with Crippen molar-refractivity contribution in [3.63, 3.8) is 0 Å². The third-order valence-corrected chi connectivity index (χ3v) is 11.1. The molecule has 0 radical (unpaired) electrons. The van der Waals surface area contributed by atoms with E-state index >= 15 is 0 Å². The number of carbonyl (C=O) groups excluding carboxylic acids is 3. The van der Waals surface area contributed by atoms with Gasteiger partial charge in [-0.3, -0.25) is 14.4 Å². The number of rotatable bonds is 46. The van der Waals surface area contributed by atoms with Gasteiger partial charge in [0.2, 0.25) is 0 Å². The second-order valence-corrected chi connectivity index (χ2v) is 17.1. The van der Waals surface area contributed by atoms with E-state index in [2.05, 4.69) is 51.2 Å². The molecule has 0 aliphatic rings. The molecule has 61 heavy (non-hydrogen) atoms. The summed E-state index contributed by atoms with van der Waals surface area (Å²) in [6.07, 6.45) is 60.6. The van der Waals surface area contributed by atoms with Gasteiger partial charge in [-0.1, -0.05) is 229 Å². The Morgan fingerprint density at radius 1 is 0.344 bits per heavy atom. The maximum atomic E-state index is 12.8. The lowest BCUT2D eigenvalue weighted by molar-refractivity contribution is -0.167. The molecule has 0 fully saturated rings. The molecule has 0 heterocycles. The molecule has 0 rings (SSSR count). The van der Waals surface area contributed by atoms with Crippen molar-refractivity contribution in [2.75, 3.05) is 13.2 Å². The highest BCUT2D eigenvalue weighted by molar-refractivity contribution is 5.71. The fourth-order valence-corrected chi connectivity index (χ4v) is 7.21. The molecule has 0 aliphatic carbocycles. The van der Waals surface area contributed by atoms with E-state index in [4.69, 9.17) is 14.2 Å². The molecule has 1 atom stereocenters. The van der Waals surface area contributed by atoms with Crippen LogP contribution in [0.4, 0.5) is 0 Å². The minimum Gasteiger partial charge on any atom is -0.462 e. The number of hydrogen-bond acceptors (Lipinski definition) is 6. The van der Waals surface area contributed by atoms with Crippen molar-refractivity contribution in [3.8, 4) is 0 Å². The Kier molecular flexibility index (Phi) is 47.4. The summed E-state index contributed by atoms with van der Waals surface area (Å²) in [6, 6.07) is 0. The SMILES string of the molecule is CC/C=C/C=C/C=C/C=C/CCCCCC(=O)OCC(COC(=O)CCCCCCCCC/C=C/CCCCCC)OC(=O)CCCCCCCCCCCCCCCCC. The van der Waals surface area contributed by atoms with E-state index in [-0.39, 0.29) is 31.1 Å². The monoisotopic (exact) mass is 853 g/mol. The van der Waals surface area contributed by atoms with Crippen LogP contribution in [0, 0.1) is 0 Å². The fourth-order valence-electron chi connectivity index (χ4n) is 7.21. The topological polar surface area (TPSA) is 78.9 Å². The normalized spacial score (nSPS) is 12.5. The van der Waals surface area contributed by atoms with Crippen molar-refractivity contribution in [2.24, 2.45) is 0 Å². The van der Waals surface area contributed by atoms with E-state index in [0.717, 1.165) is 70.6 Å². The molecule has 1 unspecified atom stereocenters. The largest absolute Gasteiger partial charge is 0.462 e. The molecule has 0 aromatic rings. The summed E-state index contributed by atoms with van der Waals surface area (Å²) in [5.74, 6) is -0.926. The zero-order chi connectivity index (χ0) is 44.4. The molecule has 6 nitrogen and oxygen atoms in total. The number of allylic oxidation sites excluding steroid dienone is 10. The van der Waals surface area contributed by atoms with Crippen LogP contribution in [0.1, 0.15) is 252 Å². The first-order valence-corrected chi connectivity index (χ1v) is 25.8. The lowest BCUT2D eigenvalue weighted by atomic mass is 10.0. The third kappa shape index (κ3) is 48.0. The lowest BCUT2D eigenvalue weighted by Gasteiger charge is -2.18. The zero-order valence-electron chi connectivity index (χ0n) is 40.2. The van der Waals surface area contributed by atoms with Crippen LogP contribution in [0.25, 0.3) is 0 Å². The van der Waals surface area contributed by atoms with Gasteiger partial charge in [0.25, 0.3) is 0 Å². The van der Waals surface area contributed by atoms with Crippen LogP contribution in [0.3, 0.4) is 0 Å². The van der Waals surface area contributed by atoms with Crippen LogP contribution >= 0.6 is 0 Å². The average molecular weight is 853 g/mol. The number of unbranched alkanes of at least 4 members (excludes halogenated alkanes) is 28. The number of esters is 3. The van der Waals surface area contributed by atoms with Crippen molar-refractivity contribution in [3.05, 3.63) is 60.8 Å². The molecule has 0 bridgehead atoms. The smallest absolute Gasteiger partial charge is 0.306 e. The highest BCUT2D eigenvalue weighted by Crippen LogP contribution is 2.15. The molecule has 0 saturated heterocycles. The van der Waals surface area contributed by atoms with Gasteiger partial charge in [0.15, 0.2) is 6.10 Å². The minimum atomic E-state index is -0.789. The summed E-state index contributed by atoms with van der Waals surface area (Å²) in [6.45, 7) is 6.46. The Hall–Kier alpha value is -2.89. The Morgan fingerprint density at radius 3 is 1.08 bits per heavy atom. The Balaban J connectivity index is 4.42. The summed E-state index contributed by atoms with van der Waals surface area (Å²) in [5.41, 5.74) is 0. The second-order valence-electron chi connectivity index (χ2n) is 17.1. The van der Waals surface area contributed by atoms with Crippen molar-refractivity contribution in [1.29, 1.82) is 0 Å². The van der Waals surface area contributed by atoms with E-state index < -0.39 is 6.10 Å². The maximum Gasteiger partial charge on any atom is 0.306 e. The van der Waals surface area contributed by atoms with Crippen LogP contribution in [0.2, 0.25) is 0 Å². The Morgan fingerprint density at radius 2 is 0.656 bits per heavy atom. The molecule has 0 saturated carbocycles. The lowest BCUT2D eigenvalue weighted by Crippen LogP contribution is -2.30. The van der Waals surface area contributed by atoms with Crippen LogP contribution < -0.4 is 0 Å². The summed E-state index contributed by atoms with van der Waals surface area (Å²) >= 11 is 0. The van der Waals surface area contributed by atoms with Gasteiger partial charge in [0.05, 0.1) is 0 Å². The van der Waals surface area contributed by atoms with Crippen LogP contribution in [0.5, 0.6) is 0 Å². The first-order chi connectivity index (χ1) is 30.0. The van der Waals surface area contributed by atoms with Crippen molar-refractivity contribution >= 4 is 17.9 Å². The highest BCUT2D eigenvalue weighted by atomic mass is 16.6. The zero-order valence-corrected chi connectivity index (χ0v) is 40.2. The van der Waals surface area contributed by atoms with Crippen LogP contribution in [-0.4, -0.2) is 37.2 Å². The molecule has 0 aromatic heterocycles. The first kappa shape index (κ1) is 58.1. The predicted molar refractivity (Wildman–Crippen MR) is 261 cm³/mol. The van der Waals surface area contributed by atoms with Gasteiger partial charge in [-0.25, -0.2) is 0 Å². The molecule has 0 amide bonds. The third-order valence-electron chi connectivity index (χ3n) is 11.1. The molecular weight excluding hydrogens is 757 g/mol. The van der Waals surface area contributed by atoms with Gasteiger partial charge in [-0.2, -0.15) is 0 Å². The van der Waals surface area contributed by atoms with Gasteiger partial charge < -0.3 is 14.2 Å². The highest BCUT2D eigenvalue weighted by Gasteiger charge is 2.19. The van der Waals surface area contributed by atoms with Gasteiger partial charge in [0, 0.05) is 19.3 Å². The summed E-state index contributed by atoms with van der Waals surface area (Å²) in [4.78, 5) is 37.9. The summed E-state index contributed by atoms with van der Waals surface area (Å²) < 4.78 is 16.8. The summed E-state index contributed by atoms with van der Waals surface area (Å²) in [5, 5.41) is 0. The second kappa shape index (κ2) is 49.8. The van der Waals surface area contributed by atoms with E-state index in [9.17, 15) is 14.4 Å². The molecule has 0 spiro atoms. The molecule has 0 aromatic carbocycles. The predicted octanol–water partition coefficient (Wildman–Crippen LogP) is 16.9. The standard InChI is InChI=1S/C55H96O6/c1-4-7-10-13-16-19-22-25-27-30-33-36-39-42-45-48-54(57)60-51-52(50-59-53(56)47-44-41-38-35-32-29-24-21-18-15-12-9-6-3)61-55(58)49-46-43-40-37-34-31-28-26-23-20-17-14-11-8-5-2/h9,12,15,18-19,21-22,24,29,32,52H,4-8,10-11,13-14,16-17,20,23,25-28,30-31,33-51H2,1-3H3/b12-9+,18-15+,22-19+,24-21+,32-29+. The Labute approximate surface area is 377 Å². The van der Waals surface area contributed by atoms with Crippen LogP contribution in [-0.2, 0) is 28.6 Å². The fraction of sp³-hybridized carbons (Fsp3) is 0.764. The quantitative estimate of drug-likeness (QED) is 0.0200. The van der Waals surface area contributed by atoms with Crippen molar-refractivity contribution < 1.29 is 28.6 Å². The van der Waals surface area contributed by atoms with Gasteiger partial charge >= 0.3 is 17.9 Å². The molecule has 6 heteroatoms. The number of hydrogen-bond donors (Lipinski definition) is 0. The number of ether oxygens (including phenoxy) is 3. The maximum absolute atomic E-state index is 12.8. The molecule has 352 valence electrons. The number of carbonyl (C=O) groups is 3. The van der Waals surface area contributed by atoms with Crippen molar-refractivity contribution in [2.45, 2.75) is 258 Å². The molecule has 0 aliphatic heterocycles. The first-order valence-electron chi connectivity index (χ1n) is 25.8. The Bertz CT molecular complexity index is 1120. The van der Waals surface area contributed by atoms with E-state index in [1.807, 2.05) is 30.4 Å². The van der Waals surface area contributed by atoms with E-state index in [1.54, 1.807) is 0 Å². The van der Waals surface area contributed by atoms with Gasteiger partial charge in [-0.15, -0.1) is 0 Å². The minimum absolute atomic E-state index is 0.0874. The van der Waals surface area contributed by atoms with Crippen molar-refractivity contribution in [1.82, 2.24) is 0 Å². The summed E-state index contributed by atoms with van der Waals surface area (Å²) in [7, 11) is 0. The van der Waals surface area contributed by atoms with Gasteiger partial charge in [0.1, 0.15) is 13.2 Å². The molecular formula is C55H96O6. The van der Waals surface area contributed by atoms with Gasteiger partial charge in [-0.05, 0) is 64.2 Å². The van der Waals surface area contributed by atoms with E-state index in [1.165, 1.54) is 141 Å². The van der Waals surface area contributed by atoms with Crippen LogP contribution in [0.15, 0.2) is 60.8 Å². The molecule has 0 N–H and O–H groups in total. The average Bonchev–Trinajstić information content (AvgIpc) is 3.26.